The summed E-state index contributed by atoms with van der Waals surface area (Å²) in [7, 11) is 1.58. The average Bonchev–Trinajstić information content (AvgIpc) is 2.96. The molecule has 2 atom stereocenters. The Balaban J connectivity index is 1.82. The van der Waals surface area contributed by atoms with E-state index in [1.165, 1.54) is 0 Å². The third kappa shape index (κ3) is 2.05. The molecule has 100 valence electrons. The molecule has 2 amide bonds. The molecule has 3 rings (SSSR count). The van der Waals surface area contributed by atoms with Crippen LogP contribution in [0.5, 0.6) is 5.75 Å². The van der Waals surface area contributed by atoms with Gasteiger partial charge in [0.15, 0.2) is 0 Å². The Morgan fingerprint density at radius 3 is 3.11 bits per heavy atom. The van der Waals surface area contributed by atoms with Crippen molar-refractivity contribution in [2.75, 3.05) is 13.7 Å². The molecule has 0 unspecified atom stereocenters. The summed E-state index contributed by atoms with van der Waals surface area (Å²) in [4.78, 5) is 25.7. The Labute approximate surface area is 111 Å². The van der Waals surface area contributed by atoms with E-state index in [0.29, 0.717) is 24.3 Å². The van der Waals surface area contributed by atoms with Gasteiger partial charge in [-0.2, -0.15) is 0 Å². The first-order valence-electron chi connectivity index (χ1n) is 6.43. The predicted molar refractivity (Wildman–Crippen MR) is 69.0 cm³/mol. The van der Waals surface area contributed by atoms with Crippen LogP contribution in [0.3, 0.4) is 0 Å². The van der Waals surface area contributed by atoms with E-state index in [0.717, 1.165) is 6.42 Å². The molecule has 2 aliphatic heterocycles. The summed E-state index contributed by atoms with van der Waals surface area (Å²) in [6.07, 6.45) is 1.26. The van der Waals surface area contributed by atoms with Crippen molar-refractivity contribution >= 4 is 11.8 Å². The van der Waals surface area contributed by atoms with Crippen molar-refractivity contribution in [3.63, 3.8) is 0 Å². The summed E-state index contributed by atoms with van der Waals surface area (Å²) in [6.45, 7) is 0.700. The first-order chi connectivity index (χ1) is 9.19. The third-order valence-electron chi connectivity index (χ3n) is 3.86. The number of benzene rings is 1. The van der Waals surface area contributed by atoms with Gasteiger partial charge < -0.3 is 15.0 Å². The number of ether oxygens (including phenoxy) is 1. The third-order valence-corrected chi connectivity index (χ3v) is 3.86. The highest BCUT2D eigenvalue weighted by Gasteiger charge is 2.43. The van der Waals surface area contributed by atoms with Gasteiger partial charge in [-0.05, 0) is 24.6 Å². The molecule has 0 radical (unpaired) electrons. The molecule has 2 fully saturated rings. The number of carbonyl (C=O) groups excluding carboxylic acids is 2. The molecule has 0 aromatic heterocycles. The van der Waals surface area contributed by atoms with Gasteiger partial charge in [-0.15, -0.1) is 0 Å². The maximum absolute atomic E-state index is 12.5. The molecule has 5 heteroatoms. The number of fused-ring (bicyclic) bond motifs is 1. The van der Waals surface area contributed by atoms with Gasteiger partial charge in [0.25, 0.3) is 5.91 Å². The zero-order valence-electron chi connectivity index (χ0n) is 10.8. The van der Waals surface area contributed by atoms with Gasteiger partial charge >= 0.3 is 0 Å². The number of amides is 2. The highest BCUT2D eigenvalue weighted by molar-refractivity contribution is 5.96. The van der Waals surface area contributed by atoms with Gasteiger partial charge in [-0.1, -0.05) is 6.07 Å². The van der Waals surface area contributed by atoms with Crippen LogP contribution in [0.15, 0.2) is 24.3 Å². The number of nitrogens with zero attached hydrogens (tertiary/aromatic N) is 1. The van der Waals surface area contributed by atoms with Crippen LogP contribution >= 0.6 is 0 Å². The fraction of sp³-hybridized carbons (Fsp3) is 0.429. The predicted octanol–water partition coefficient (Wildman–Crippen LogP) is 0.798. The summed E-state index contributed by atoms with van der Waals surface area (Å²) in [5.74, 6) is 0.684. The molecule has 19 heavy (non-hydrogen) atoms. The zero-order valence-corrected chi connectivity index (χ0v) is 10.8. The largest absolute Gasteiger partial charge is 0.497 e. The monoisotopic (exact) mass is 260 g/mol. The molecule has 2 aliphatic rings. The Morgan fingerprint density at radius 2 is 2.32 bits per heavy atom. The standard InChI is InChI=1S/C14H16N2O3/c1-19-10-4-2-3-9(7-10)14(18)16-6-5-11-12(16)8-13(17)15-11/h2-4,7,11-12H,5-6,8H2,1H3,(H,15,17)/t11-,12+/m0/s1. The van der Waals surface area contributed by atoms with Gasteiger partial charge in [0.2, 0.25) is 5.91 Å². The van der Waals surface area contributed by atoms with Crippen LogP contribution in [-0.4, -0.2) is 42.5 Å². The van der Waals surface area contributed by atoms with E-state index in [4.69, 9.17) is 4.74 Å². The first-order valence-corrected chi connectivity index (χ1v) is 6.43. The molecule has 2 saturated heterocycles. The Hall–Kier alpha value is -2.04. The summed E-state index contributed by atoms with van der Waals surface area (Å²) >= 11 is 0. The summed E-state index contributed by atoms with van der Waals surface area (Å²) in [5, 5.41) is 2.92. The van der Waals surface area contributed by atoms with E-state index in [2.05, 4.69) is 5.32 Å². The van der Waals surface area contributed by atoms with Gasteiger partial charge in [-0.3, -0.25) is 9.59 Å². The van der Waals surface area contributed by atoms with E-state index >= 15 is 0 Å². The number of hydrogen-bond acceptors (Lipinski definition) is 3. The Bertz CT molecular complexity index is 529. The minimum atomic E-state index is -0.0251. The molecule has 1 aromatic rings. The number of methoxy groups -OCH3 is 1. The van der Waals surface area contributed by atoms with Crippen LogP contribution in [0.25, 0.3) is 0 Å². The molecule has 2 heterocycles. The van der Waals surface area contributed by atoms with E-state index in [9.17, 15) is 9.59 Å². The fourth-order valence-electron chi connectivity index (χ4n) is 2.90. The maximum atomic E-state index is 12.5. The average molecular weight is 260 g/mol. The number of rotatable bonds is 2. The molecule has 0 aliphatic carbocycles. The molecule has 5 nitrogen and oxygen atoms in total. The Morgan fingerprint density at radius 1 is 1.47 bits per heavy atom. The number of hydrogen-bond donors (Lipinski definition) is 1. The quantitative estimate of drug-likeness (QED) is 0.855. The van der Waals surface area contributed by atoms with Crippen molar-refractivity contribution in [2.45, 2.75) is 24.9 Å². The fourth-order valence-corrected chi connectivity index (χ4v) is 2.90. The normalized spacial score (nSPS) is 25.1. The molecule has 0 bridgehead atoms. The molecule has 0 spiro atoms. The Kier molecular flexibility index (Phi) is 2.89. The lowest BCUT2D eigenvalue weighted by atomic mass is 10.1. The van der Waals surface area contributed by atoms with Crippen LogP contribution in [0.2, 0.25) is 0 Å². The van der Waals surface area contributed by atoms with Crippen molar-refractivity contribution in [1.29, 1.82) is 0 Å². The number of carbonyl (C=O) groups is 2. The lowest BCUT2D eigenvalue weighted by Gasteiger charge is -2.22. The van der Waals surface area contributed by atoms with Crippen molar-refractivity contribution < 1.29 is 14.3 Å². The zero-order chi connectivity index (χ0) is 13.4. The maximum Gasteiger partial charge on any atom is 0.254 e. The van der Waals surface area contributed by atoms with Crippen molar-refractivity contribution in [3.8, 4) is 5.75 Å². The minimum Gasteiger partial charge on any atom is -0.497 e. The summed E-state index contributed by atoms with van der Waals surface area (Å²) in [6, 6.07) is 7.26. The number of likely N-dealkylation sites (tertiary alicyclic amines) is 1. The SMILES string of the molecule is COc1cccc(C(=O)N2CC[C@@H]3NC(=O)C[C@H]32)c1. The van der Waals surface area contributed by atoms with Crippen molar-refractivity contribution in [3.05, 3.63) is 29.8 Å². The van der Waals surface area contributed by atoms with Crippen LogP contribution < -0.4 is 10.1 Å². The number of nitrogens with one attached hydrogen (secondary N) is 1. The molecular weight excluding hydrogens is 244 g/mol. The second kappa shape index (κ2) is 4.57. The van der Waals surface area contributed by atoms with Gasteiger partial charge in [0.1, 0.15) is 5.75 Å². The molecular formula is C14H16N2O3. The lowest BCUT2D eigenvalue weighted by molar-refractivity contribution is -0.119. The first kappa shape index (κ1) is 12.0. The van der Waals surface area contributed by atoms with Gasteiger partial charge in [-0.25, -0.2) is 0 Å². The molecule has 1 N–H and O–H groups in total. The van der Waals surface area contributed by atoms with E-state index in [1.54, 1.807) is 30.2 Å². The van der Waals surface area contributed by atoms with Crippen molar-refractivity contribution in [1.82, 2.24) is 10.2 Å². The van der Waals surface area contributed by atoms with E-state index in [-0.39, 0.29) is 23.9 Å². The topological polar surface area (TPSA) is 58.6 Å². The highest BCUT2D eigenvalue weighted by Crippen LogP contribution is 2.27. The van der Waals surface area contributed by atoms with Crippen LogP contribution in [0, 0.1) is 0 Å². The second-order valence-electron chi connectivity index (χ2n) is 4.96. The molecule has 1 aromatic carbocycles. The second-order valence-corrected chi connectivity index (χ2v) is 4.96. The van der Waals surface area contributed by atoms with Crippen LogP contribution in [-0.2, 0) is 4.79 Å². The van der Waals surface area contributed by atoms with Crippen LogP contribution in [0.1, 0.15) is 23.2 Å². The van der Waals surface area contributed by atoms with Crippen molar-refractivity contribution in [2.24, 2.45) is 0 Å². The smallest absolute Gasteiger partial charge is 0.254 e. The van der Waals surface area contributed by atoms with Gasteiger partial charge in [0, 0.05) is 18.5 Å². The van der Waals surface area contributed by atoms with E-state index < -0.39 is 0 Å². The summed E-state index contributed by atoms with van der Waals surface area (Å²) < 4.78 is 5.13. The summed E-state index contributed by atoms with van der Waals surface area (Å²) in [5.41, 5.74) is 0.611. The van der Waals surface area contributed by atoms with Gasteiger partial charge in [0.05, 0.1) is 19.2 Å². The van der Waals surface area contributed by atoms with Crippen LogP contribution in [0.4, 0.5) is 0 Å². The lowest BCUT2D eigenvalue weighted by Crippen LogP contribution is -2.38. The van der Waals surface area contributed by atoms with E-state index in [1.807, 2.05) is 6.07 Å². The molecule has 0 saturated carbocycles. The minimum absolute atomic E-state index is 0.00574. The highest BCUT2D eigenvalue weighted by atomic mass is 16.5.